The van der Waals surface area contributed by atoms with Gasteiger partial charge in [0.25, 0.3) is 0 Å². The van der Waals surface area contributed by atoms with Crippen LogP contribution >= 0.6 is 0 Å². The van der Waals surface area contributed by atoms with Crippen LogP contribution in [-0.4, -0.2) is 16.3 Å². The molecule has 0 bridgehead atoms. The third-order valence-electron chi connectivity index (χ3n) is 1.92. The zero-order chi connectivity index (χ0) is 11.4. The third kappa shape index (κ3) is 2.14. The van der Waals surface area contributed by atoms with Gasteiger partial charge in [-0.3, -0.25) is 4.79 Å². The minimum atomic E-state index is 0.177. The lowest BCUT2D eigenvalue weighted by atomic mass is 10.2. The second-order valence-electron chi connectivity index (χ2n) is 3.03. The van der Waals surface area contributed by atoms with E-state index in [2.05, 4.69) is 9.97 Å². The number of hydrogen-bond acceptors (Lipinski definition) is 5. The largest absolute Gasteiger partial charge is 0.453 e. The molecule has 0 radical (unpaired) electrons. The van der Waals surface area contributed by atoms with Gasteiger partial charge >= 0.3 is 0 Å². The summed E-state index contributed by atoms with van der Waals surface area (Å²) in [7, 11) is 0. The van der Waals surface area contributed by atoms with E-state index in [1.807, 2.05) is 0 Å². The van der Waals surface area contributed by atoms with Crippen LogP contribution < -0.4 is 10.5 Å². The quantitative estimate of drug-likeness (QED) is 0.788. The molecule has 0 atom stereocenters. The number of aldehydes is 1. The summed E-state index contributed by atoms with van der Waals surface area (Å²) in [5.41, 5.74) is 5.81. The van der Waals surface area contributed by atoms with Crippen LogP contribution in [0.1, 0.15) is 10.4 Å². The lowest BCUT2D eigenvalue weighted by Gasteiger charge is -2.06. The molecule has 0 aliphatic carbocycles. The molecule has 0 saturated heterocycles. The Morgan fingerprint density at radius 3 is 2.56 bits per heavy atom. The number of carbonyl (C=O) groups is 1. The van der Waals surface area contributed by atoms with Crippen LogP contribution in [0.4, 0.5) is 5.95 Å². The number of nitrogens with zero attached hydrogens (tertiary/aromatic N) is 2. The van der Waals surface area contributed by atoms with Crippen molar-refractivity contribution in [2.24, 2.45) is 0 Å². The van der Waals surface area contributed by atoms with Crippen molar-refractivity contribution in [1.82, 2.24) is 9.97 Å². The molecule has 1 heterocycles. The number of anilines is 1. The first-order valence-electron chi connectivity index (χ1n) is 4.59. The number of nitrogen functional groups attached to an aromatic ring is 1. The molecule has 0 aliphatic heterocycles. The molecule has 5 heteroatoms. The summed E-state index contributed by atoms with van der Waals surface area (Å²) in [4.78, 5) is 18.3. The van der Waals surface area contributed by atoms with Gasteiger partial charge in [0.1, 0.15) is 5.75 Å². The van der Waals surface area contributed by atoms with Crippen molar-refractivity contribution in [2.45, 2.75) is 0 Å². The fourth-order valence-electron chi connectivity index (χ4n) is 1.18. The lowest BCUT2D eigenvalue weighted by Crippen LogP contribution is -1.95. The maximum Gasteiger partial charge on any atom is 0.220 e. The molecular formula is C11H9N3O2. The molecule has 0 fully saturated rings. The topological polar surface area (TPSA) is 78.1 Å². The predicted molar refractivity (Wildman–Crippen MR) is 58.3 cm³/mol. The molecule has 0 aliphatic rings. The van der Waals surface area contributed by atoms with E-state index in [0.717, 1.165) is 6.29 Å². The molecular weight excluding hydrogens is 206 g/mol. The predicted octanol–water partition coefficient (Wildman–Crippen LogP) is 1.66. The standard InChI is InChI=1S/C11H9N3O2/c12-11-13-5-9(6-14-11)16-10-4-2-1-3-8(10)7-15/h1-7H,(H2,12,13,14). The van der Waals surface area contributed by atoms with E-state index in [1.165, 1.54) is 12.4 Å². The highest BCUT2D eigenvalue weighted by Crippen LogP contribution is 2.22. The molecule has 0 spiro atoms. The van der Waals surface area contributed by atoms with Crippen LogP contribution in [0.3, 0.4) is 0 Å². The van der Waals surface area contributed by atoms with E-state index in [9.17, 15) is 4.79 Å². The Bertz CT molecular complexity index is 497. The normalized spacial score (nSPS) is 9.75. The van der Waals surface area contributed by atoms with Gasteiger partial charge in [0, 0.05) is 0 Å². The van der Waals surface area contributed by atoms with E-state index in [0.29, 0.717) is 17.1 Å². The first-order valence-corrected chi connectivity index (χ1v) is 4.59. The van der Waals surface area contributed by atoms with E-state index < -0.39 is 0 Å². The van der Waals surface area contributed by atoms with Gasteiger partial charge in [0.15, 0.2) is 12.0 Å². The van der Waals surface area contributed by atoms with Gasteiger partial charge in [-0.05, 0) is 12.1 Å². The number of para-hydroxylation sites is 1. The van der Waals surface area contributed by atoms with Gasteiger partial charge in [-0.1, -0.05) is 12.1 Å². The molecule has 5 nitrogen and oxygen atoms in total. The summed E-state index contributed by atoms with van der Waals surface area (Å²) in [5, 5.41) is 0. The van der Waals surface area contributed by atoms with Crippen molar-refractivity contribution in [3.8, 4) is 11.5 Å². The average molecular weight is 215 g/mol. The highest BCUT2D eigenvalue weighted by Gasteiger charge is 2.03. The van der Waals surface area contributed by atoms with Crippen LogP contribution in [-0.2, 0) is 0 Å². The fraction of sp³-hybridized carbons (Fsp3) is 0. The lowest BCUT2D eigenvalue weighted by molar-refractivity contribution is 0.112. The second kappa shape index (κ2) is 4.39. The zero-order valence-corrected chi connectivity index (χ0v) is 8.33. The first kappa shape index (κ1) is 10.1. The number of ether oxygens (including phenoxy) is 1. The van der Waals surface area contributed by atoms with Crippen molar-refractivity contribution < 1.29 is 9.53 Å². The summed E-state index contributed by atoms with van der Waals surface area (Å²) in [5.74, 6) is 1.07. The van der Waals surface area contributed by atoms with Crippen molar-refractivity contribution in [3.05, 3.63) is 42.2 Å². The van der Waals surface area contributed by atoms with Crippen LogP contribution in [0.2, 0.25) is 0 Å². The number of benzene rings is 1. The van der Waals surface area contributed by atoms with Crippen molar-refractivity contribution in [2.75, 3.05) is 5.73 Å². The molecule has 0 unspecified atom stereocenters. The Labute approximate surface area is 91.9 Å². The Morgan fingerprint density at radius 2 is 1.88 bits per heavy atom. The smallest absolute Gasteiger partial charge is 0.220 e. The molecule has 0 saturated carbocycles. The van der Waals surface area contributed by atoms with Gasteiger partial charge in [0.05, 0.1) is 18.0 Å². The molecule has 2 aromatic rings. The van der Waals surface area contributed by atoms with E-state index >= 15 is 0 Å². The van der Waals surface area contributed by atoms with E-state index in [4.69, 9.17) is 10.5 Å². The van der Waals surface area contributed by atoms with Crippen LogP contribution in [0.5, 0.6) is 11.5 Å². The summed E-state index contributed by atoms with van der Waals surface area (Å²) in [6.07, 6.45) is 3.63. The second-order valence-corrected chi connectivity index (χ2v) is 3.03. The van der Waals surface area contributed by atoms with Gasteiger partial charge < -0.3 is 10.5 Å². The Hall–Kier alpha value is -2.43. The number of carbonyl (C=O) groups excluding carboxylic acids is 1. The van der Waals surface area contributed by atoms with E-state index in [1.54, 1.807) is 24.3 Å². The molecule has 1 aromatic carbocycles. The van der Waals surface area contributed by atoms with Gasteiger partial charge in [-0.15, -0.1) is 0 Å². The van der Waals surface area contributed by atoms with Crippen LogP contribution in [0, 0.1) is 0 Å². The molecule has 16 heavy (non-hydrogen) atoms. The minimum absolute atomic E-state index is 0.177. The summed E-state index contributed by atoms with van der Waals surface area (Å²) in [6.45, 7) is 0. The molecule has 2 N–H and O–H groups in total. The van der Waals surface area contributed by atoms with Crippen LogP contribution in [0.15, 0.2) is 36.7 Å². The average Bonchev–Trinajstić information content (AvgIpc) is 2.33. The van der Waals surface area contributed by atoms with Crippen molar-refractivity contribution in [3.63, 3.8) is 0 Å². The Morgan fingerprint density at radius 1 is 1.19 bits per heavy atom. The monoisotopic (exact) mass is 215 g/mol. The molecule has 80 valence electrons. The van der Waals surface area contributed by atoms with Crippen LogP contribution in [0.25, 0.3) is 0 Å². The Kier molecular flexibility index (Phi) is 2.77. The number of nitrogens with two attached hydrogens (primary N) is 1. The summed E-state index contributed by atoms with van der Waals surface area (Å²) in [6, 6.07) is 6.90. The highest BCUT2D eigenvalue weighted by molar-refractivity contribution is 5.79. The summed E-state index contributed by atoms with van der Waals surface area (Å²) >= 11 is 0. The molecule has 2 rings (SSSR count). The fourth-order valence-corrected chi connectivity index (χ4v) is 1.18. The third-order valence-corrected chi connectivity index (χ3v) is 1.92. The first-order chi connectivity index (χ1) is 7.79. The molecule has 1 aromatic heterocycles. The zero-order valence-electron chi connectivity index (χ0n) is 8.33. The van der Waals surface area contributed by atoms with Gasteiger partial charge in [0.2, 0.25) is 5.95 Å². The number of aromatic nitrogens is 2. The maximum absolute atomic E-state index is 10.7. The number of rotatable bonds is 3. The van der Waals surface area contributed by atoms with Crippen molar-refractivity contribution in [1.29, 1.82) is 0 Å². The maximum atomic E-state index is 10.7. The van der Waals surface area contributed by atoms with Gasteiger partial charge in [-0.25, -0.2) is 9.97 Å². The SMILES string of the molecule is Nc1ncc(Oc2ccccc2C=O)cn1. The van der Waals surface area contributed by atoms with Crippen molar-refractivity contribution >= 4 is 12.2 Å². The minimum Gasteiger partial charge on any atom is -0.453 e. The summed E-state index contributed by atoms with van der Waals surface area (Å²) < 4.78 is 5.44. The highest BCUT2D eigenvalue weighted by atomic mass is 16.5. The Balaban J connectivity index is 2.26. The van der Waals surface area contributed by atoms with E-state index in [-0.39, 0.29) is 5.95 Å². The molecule has 0 amide bonds. The van der Waals surface area contributed by atoms with Gasteiger partial charge in [-0.2, -0.15) is 0 Å². The number of hydrogen-bond donors (Lipinski definition) is 1.